The maximum Gasteiger partial charge on any atom is 0.0834 e. The Hall–Kier alpha value is -0.120. The van der Waals surface area contributed by atoms with Gasteiger partial charge in [-0.3, -0.25) is 0 Å². The number of piperidine rings is 1. The number of ether oxygens (including phenoxy) is 1. The summed E-state index contributed by atoms with van der Waals surface area (Å²) in [5.41, 5.74) is 0. The number of rotatable bonds is 3. The van der Waals surface area contributed by atoms with Gasteiger partial charge in [0.1, 0.15) is 0 Å². The van der Waals surface area contributed by atoms with Crippen LogP contribution in [0.3, 0.4) is 0 Å². The average Bonchev–Trinajstić information content (AvgIpc) is 2.29. The Bertz CT molecular complexity index is 180. The van der Waals surface area contributed by atoms with Crippen molar-refractivity contribution in [2.24, 2.45) is 5.92 Å². The van der Waals surface area contributed by atoms with Gasteiger partial charge < -0.3 is 15.2 Å². The van der Waals surface area contributed by atoms with Crippen LogP contribution in [0.1, 0.15) is 38.5 Å². The largest absolute Gasteiger partial charge is 0.390 e. The number of aliphatic hydroxyl groups is 1. The smallest absolute Gasteiger partial charge is 0.0834 e. The molecular formula is C12H23NO2. The quantitative estimate of drug-likeness (QED) is 0.742. The third-order valence-electron chi connectivity index (χ3n) is 3.67. The summed E-state index contributed by atoms with van der Waals surface area (Å²) in [5.74, 6) is 0.709. The summed E-state index contributed by atoms with van der Waals surface area (Å²) in [6.07, 6.45) is 6.71. The van der Waals surface area contributed by atoms with Gasteiger partial charge in [-0.25, -0.2) is 0 Å². The molecule has 1 heterocycles. The van der Waals surface area contributed by atoms with Gasteiger partial charge in [0.2, 0.25) is 0 Å². The second kappa shape index (κ2) is 5.83. The molecule has 0 aromatic rings. The molecule has 3 nitrogen and oxygen atoms in total. The average molecular weight is 213 g/mol. The lowest BCUT2D eigenvalue weighted by Gasteiger charge is -2.30. The molecule has 88 valence electrons. The summed E-state index contributed by atoms with van der Waals surface area (Å²) in [5, 5.41) is 13.1. The van der Waals surface area contributed by atoms with Gasteiger partial charge in [-0.1, -0.05) is 12.8 Å². The molecular weight excluding hydrogens is 190 g/mol. The van der Waals surface area contributed by atoms with Crippen molar-refractivity contribution < 1.29 is 9.84 Å². The van der Waals surface area contributed by atoms with Gasteiger partial charge in [-0.05, 0) is 44.7 Å². The molecule has 1 saturated carbocycles. The van der Waals surface area contributed by atoms with Crippen molar-refractivity contribution >= 4 is 0 Å². The van der Waals surface area contributed by atoms with E-state index in [1.807, 2.05) is 0 Å². The van der Waals surface area contributed by atoms with Crippen molar-refractivity contribution in [3.63, 3.8) is 0 Å². The fraction of sp³-hybridized carbons (Fsp3) is 1.00. The first kappa shape index (κ1) is 11.4. The molecule has 2 rings (SSSR count). The third kappa shape index (κ3) is 3.44. The first-order valence-corrected chi connectivity index (χ1v) is 6.36. The molecule has 0 aromatic carbocycles. The fourth-order valence-corrected chi connectivity index (χ4v) is 2.58. The summed E-state index contributed by atoms with van der Waals surface area (Å²) >= 11 is 0. The molecule has 0 radical (unpaired) electrons. The summed E-state index contributed by atoms with van der Waals surface area (Å²) in [6, 6.07) is 0. The number of hydrogen-bond acceptors (Lipinski definition) is 3. The molecule has 1 aliphatic heterocycles. The van der Waals surface area contributed by atoms with Gasteiger partial charge in [0, 0.05) is 6.61 Å². The van der Waals surface area contributed by atoms with Gasteiger partial charge in [-0.15, -0.1) is 0 Å². The van der Waals surface area contributed by atoms with E-state index in [1.54, 1.807) is 0 Å². The Kier molecular flexibility index (Phi) is 4.42. The van der Waals surface area contributed by atoms with Crippen molar-refractivity contribution in [1.29, 1.82) is 0 Å². The van der Waals surface area contributed by atoms with Crippen LogP contribution in [0.4, 0.5) is 0 Å². The van der Waals surface area contributed by atoms with Crippen LogP contribution in [0.2, 0.25) is 0 Å². The zero-order valence-electron chi connectivity index (χ0n) is 9.45. The van der Waals surface area contributed by atoms with Crippen LogP contribution in [-0.4, -0.2) is 37.0 Å². The molecule has 0 bridgehead atoms. The predicted octanol–water partition coefficient (Wildman–Crippen LogP) is 1.31. The SMILES string of the molecule is OC1CCCCC1OCC1CCNCC1. The highest BCUT2D eigenvalue weighted by atomic mass is 16.5. The van der Waals surface area contributed by atoms with E-state index in [9.17, 15) is 5.11 Å². The summed E-state index contributed by atoms with van der Waals surface area (Å²) in [7, 11) is 0. The lowest BCUT2D eigenvalue weighted by molar-refractivity contribution is -0.0712. The fourth-order valence-electron chi connectivity index (χ4n) is 2.58. The molecule has 2 fully saturated rings. The van der Waals surface area contributed by atoms with Crippen LogP contribution in [0.15, 0.2) is 0 Å². The van der Waals surface area contributed by atoms with Gasteiger partial charge in [0.05, 0.1) is 12.2 Å². The number of aliphatic hydroxyl groups excluding tert-OH is 1. The second-order valence-corrected chi connectivity index (χ2v) is 4.92. The molecule has 0 spiro atoms. The maximum absolute atomic E-state index is 9.76. The van der Waals surface area contributed by atoms with Crippen LogP contribution >= 0.6 is 0 Å². The molecule has 2 aliphatic rings. The minimum Gasteiger partial charge on any atom is -0.390 e. The van der Waals surface area contributed by atoms with E-state index in [1.165, 1.54) is 19.3 Å². The van der Waals surface area contributed by atoms with Crippen molar-refractivity contribution in [2.75, 3.05) is 19.7 Å². The van der Waals surface area contributed by atoms with Crippen LogP contribution in [0.5, 0.6) is 0 Å². The van der Waals surface area contributed by atoms with Crippen molar-refractivity contribution in [2.45, 2.75) is 50.7 Å². The van der Waals surface area contributed by atoms with Crippen molar-refractivity contribution in [1.82, 2.24) is 5.32 Å². The molecule has 1 saturated heterocycles. The van der Waals surface area contributed by atoms with Crippen LogP contribution in [-0.2, 0) is 4.74 Å². The molecule has 2 unspecified atom stereocenters. The van der Waals surface area contributed by atoms with Crippen molar-refractivity contribution in [3.05, 3.63) is 0 Å². The van der Waals surface area contributed by atoms with E-state index in [0.29, 0.717) is 5.92 Å². The molecule has 0 aromatic heterocycles. The summed E-state index contributed by atoms with van der Waals surface area (Å²) in [6.45, 7) is 3.10. The topological polar surface area (TPSA) is 41.5 Å². The number of nitrogens with one attached hydrogen (secondary N) is 1. The van der Waals surface area contributed by atoms with E-state index in [0.717, 1.165) is 39.0 Å². The summed E-state index contributed by atoms with van der Waals surface area (Å²) < 4.78 is 5.86. The molecule has 15 heavy (non-hydrogen) atoms. The van der Waals surface area contributed by atoms with Crippen LogP contribution in [0.25, 0.3) is 0 Å². The van der Waals surface area contributed by atoms with E-state index in [4.69, 9.17) is 4.74 Å². The van der Waals surface area contributed by atoms with Crippen molar-refractivity contribution in [3.8, 4) is 0 Å². The Morgan fingerprint density at radius 1 is 1.07 bits per heavy atom. The van der Waals surface area contributed by atoms with Gasteiger partial charge in [0.25, 0.3) is 0 Å². The molecule has 3 heteroatoms. The highest BCUT2D eigenvalue weighted by Gasteiger charge is 2.24. The highest BCUT2D eigenvalue weighted by Crippen LogP contribution is 2.22. The lowest BCUT2D eigenvalue weighted by Crippen LogP contribution is -2.36. The Morgan fingerprint density at radius 3 is 2.53 bits per heavy atom. The predicted molar refractivity (Wildman–Crippen MR) is 59.8 cm³/mol. The zero-order chi connectivity index (χ0) is 10.5. The van der Waals surface area contributed by atoms with Gasteiger partial charge in [-0.2, -0.15) is 0 Å². The minimum absolute atomic E-state index is 0.119. The van der Waals surface area contributed by atoms with Gasteiger partial charge >= 0.3 is 0 Å². The van der Waals surface area contributed by atoms with Crippen LogP contribution in [0, 0.1) is 5.92 Å². The normalized spacial score (nSPS) is 34.2. The second-order valence-electron chi connectivity index (χ2n) is 4.92. The third-order valence-corrected chi connectivity index (χ3v) is 3.67. The molecule has 2 atom stereocenters. The Balaban J connectivity index is 1.67. The molecule has 1 aliphatic carbocycles. The zero-order valence-corrected chi connectivity index (χ0v) is 9.45. The van der Waals surface area contributed by atoms with E-state index < -0.39 is 0 Å². The Labute approximate surface area is 92.2 Å². The van der Waals surface area contributed by atoms with Gasteiger partial charge in [0.15, 0.2) is 0 Å². The van der Waals surface area contributed by atoms with E-state index in [2.05, 4.69) is 5.32 Å². The lowest BCUT2D eigenvalue weighted by atomic mass is 9.94. The van der Waals surface area contributed by atoms with E-state index >= 15 is 0 Å². The minimum atomic E-state index is -0.208. The summed E-state index contributed by atoms with van der Waals surface area (Å²) in [4.78, 5) is 0. The molecule has 0 amide bonds. The molecule has 2 N–H and O–H groups in total. The monoisotopic (exact) mass is 213 g/mol. The maximum atomic E-state index is 9.76. The standard InChI is InChI=1S/C12H23NO2/c14-11-3-1-2-4-12(11)15-9-10-5-7-13-8-6-10/h10-14H,1-9H2. The Morgan fingerprint density at radius 2 is 1.80 bits per heavy atom. The van der Waals surface area contributed by atoms with E-state index in [-0.39, 0.29) is 12.2 Å². The first-order chi connectivity index (χ1) is 7.36. The highest BCUT2D eigenvalue weighted by molar-refractivity contribution is 4.76. The first-order valence-electron chi connectivity index (χ1n) is 6.36. The number of hydrogen-bond donors (Lipinski definition) is 2. The van der Waals surface area contributed by atoms with Crippen LogP contribution < -0.4 is 5.32 Å².